The van der Waals surface area contributed by atoms with E-state index in [1.165, 1.54) is 0 Å². The number of carbonyl (C=O) groups is 1. The quantitative estimate of drug-likeness (QED) is 0.691. The monoisotopic (exact) mass is 429 g/mol. The minimum atomic E-state index is -3.58. The summed E-state index contributed by atoms with van der Waals surface area (Å²) in [5.41, 5.74) is 0.739. The van der Waals surface area contributed by atoms with E-state index in [4.69, 9.17) is 10.7 Å². The number of hydrogen-bond acceptors (Lipinski definition) is 3. The summed E-state index contributed by atoms with van der Waals surface area (Å²) >= 11 is 6.74. The van der Waals surface area contributed by atoms with E-state index in [1.807, 2.05) is 18.2 Å². The SMILES string of the molecule is O=C1CC(CS(=O)(=O)Cl)CN1c1ccc(Br)cc1Br. The molecule has 1 fully saturated rings. The Labute approximate surface area is 132 Å². The molecule has 1 aromatic rings. The number of rotatable bonds is 3. The van der Waals surface area contributed by atoms with Crippen molar-refractivity contribution in [2.75, 3.05) is 17.2 Å². The first-order valence-electron chi connectivity index (χ1n) is 5.44. The van der Waals surface area contributed by atoms with Gasteiger partial charge in [0.05, 0.1) is 11.4 Å². The molecule has 8 heteroatoms. The number of nitrogens with zero attached hydrogens (tertiary/aromatic N) is 1. The van der Waals surface area contributed by atoms with Crippen molar-refractivity contribution in [2.45, 2.75) is 6.42 Å². The summed E-state index contributed by atoms with van der Waals surface area (Å²) < 4.78 is 23.8. The molecule has 1 aliphatic heterocycles. The van der Waals surface area contributed by atoms with Crippen LogP contribution in [0.3, 0.4) is 0 Å². The molecule has 0 aliphatic carbocycles. The lowest BCUT2D eigenvalue weighted by Crippen LogP contribution is -2.25. The Kier molecular flexibility index (Phi) is 4.59. The standard InChI is InChI=1S/C11H10Br2ClNO3S/c12-8-1-2-10(9(13)4-8)15-5-7(3-11(15)16)6-19(14,17)18/h1-2,4,7H,3,5-6H2. The molecule has 1 amide bonds. The molecule has 0 radical (unpaired) electrons. The molecule has 1 heterocycles. The zero-order chi connectivity index (χ0) is 14.2. The fourth-order valence-electron chi connectivity index (χ4n) is 2.11. The van der Waals surface area contributed by atoms with Crippen LogP contribution in [-0.2, 0) is 13.8 Å². The average Bonchev–Trinajstić information content (AvgIpc) is 2.56. The summed E-state index contributed by atoms with van der Waals surface area (Å²) in [6, 6.07) is 5.48. The lowest BCUT2D eigenvalue weighted by atomic mass is 10.1. The minimum absolute atomic E-state index is 0.0895. The van der Waals surface area contributed by atoms with E-state index >= 15 is 0 Å². The second-order valence-corrected chi connectivity index (χ2v) is 8.97. The van der Waals surface area contributed by atoms with Crippen LogP contribution in [0.25, 0.3) is 0 Å². The van der Waals surface area contributed by atoms with Gasteiger partial charge in [-0.05, 0) is 34.1 Å². The predicted molar refractivity (Wildman–Crippen MR) is 81.9 cm³/mol. The van der Waals surface area contributed by atoms with Crippen LogP contribution in [0.4, 0.5) is 5.69 Å². The lowest BCUT2D eigenvalue weighted by Gasteiger charge is -2.18. The third kappa shape index (κ3) is 3.93. The second-order valence-electron chi connectivity index (χ2n) is 4.38. The Bertz CT molecular complexity index is 620. The van der Waals surface area contributed by atoms with Crippen LogP contribution < -0.4 is 4.90 Å². The van der Waals surface area contributed by atoms with E-state index < -0.39 is 9.05 Å². The number of amides is 1. The van der Waals surface area contributed by atoms with Gasteiger partial charge in [0, 0.05) is 38.5 Å². The highest BCUT2D eigenvalue weighted by Crippen LogP contribution is 2.33. The van der Waals surface area contributed by atoms with Gasteiger partial charge in [-0.2, -0.15) is 0 Å². The molecule has 4 nitrogen and oxygen atoms in total. The number of hydrogen-bond donors (Lipinski definition) is 0. The van der Waals surface area contributed by atoms with Crippen molar-refractivity contribution in [3.63, 3.8) is 0 Å². The molecule has 2 rings (SSSR count). The molecule has 104 valence electrons. The molecule has 1 atom stereocenters. The third-order valence-corrected chi connectivity index (χ3v) is 5.22. The van der Waals surface area contributed by atoms with Gasteiger partial charge in [-0.15, -0.1) is 0 Å². The number of halogens is 3. The van der Waals surface area contributed by atoms with E-state index in [0.29, 0.717) is 6.54 Å². The van der Waals surface area contributed by atoms with E-state index in [1.54, 1.807) is 4.90 Å². The van der Waals surface area contributed by atoms with Crippen LogP contribution in [0.2, 0.25) is 0 Å². The maximum atomic E-state index is 12.0. The summed E-state index contributed by atoms with van der Waals surface area (Å²) in [6.45, 7) is 0.366. The molecule has 1 saturated heterocycles. The first-order chi connectivity index (χ1) is 8.76. The van der Waals surface area contributed by atoms with Gasteiger partial charge in [-0.3, -0.25) is 4.79 Å². The van der Waals surface area contributed by atoms with Gasteiger partial charge in [-0.1, -0.05) is 15.9 Å². The molecule has 1 unspecified atom stereocenters. The molecule has 0 spiro atoms. The van der Waals surface area contributed by atoms with Crippen molar-refractivity contribution in [1.29, 1.82) is 0 Å². The molecule has 0 saturated carbocycles. The van der Waals surface area contributed by atoms with Crippen LogP contribution in [0.5, 0.6) is 0 Å². The number of benzene rings is 1. The zero-order valence-corrected chi connectivity index (χ0v) is 14.4. The summed E-state index contributed by atoms with van der Waals surface area (Å²) in [6.07, 6.45) is 0.203. The summed E-state index contributed by atoms with van der Waals surface area (Å²) in [5, 5.41) is 0. The molecule has 1 aliphatic rings. The molecule has 19 heavy (non-hydrogen) atoms. The smallest absolute Gasteiger partial charge is 0.232 e. The van der Waals surface area contributed by atoms with Gasteiger partial charge in [0.25, 0.3) is 0 Å². The van der Waals surface area contributed by atoms with Gasteiger partial charge >= 0.3 is 0 Å². The first kappa shape index (κ1) is 15.3. The van der Waals surface area contributed by atoms with E-state index in [-0.39, 0.29) is 24.0 Å². The molecule has 0 N–H and O–H groups in total. The summed E-state index contributed by atoms with van der Waals surface area (Å²) in [7, 11) is 1.65. The topological polar surface area (TPSA) is 54.5 Å². The van der Waals surface area contributed by atoms with Gasteiger partial charge < -0.3 is 4.90 Å². The number of carbonyl (C=O) groups excluding carboxylic acids is 1. The van der Waals surface area contributed by atoms with Crippen LogP contribution in [0.1, 0.15) is 6.42 Å². The first-order valence-corrected chi connectivity index (χ1v) is 9.50. The van der Waals surface area contributed by atoms with Crippen LogP contribution >= 0.6 is 42.5 Å². The van der Waals surface area contributed by atoms with E-state index in [0.717, 1.165) is 14.6 Å². The molecular weight excluding hydrogens is 421 g/mol. The van der Waals surface area contributed by atoms with Crippen molar-refractivity contribution in [3.05, 3.63) is 27.1 Å². The Hall–Kier alpha value is -0.110. The average molecular weight is 432 g/mol. The zero-order valence-electron chi connectivity index (χ0n) is 9.64. The molecular formula is C11H10Br2ClNO3S. The van der Waals surface area contributed by atoms with Crippen molar-refractivity contribution >= 4 is 63.2 Å². The molecule has 0 bridgehead atoms. The van der Waals surface area contributed by atoms with E-state index in [2.05, 4.69) is 31.9 Å². The Morgan fingerprint density at radius 3 is 2.63 bits per heavy atom. The normalized spacial score (nSPS) is 20.1. The fourth-order valence-corrected chi connectivity index (χ4v) is 4.69. The Balaban J connectivity index is 2.20. The Morgan fingerprint density at radius 2 is 2.05 bits per heavy atom. The van der Waals surface area contributed by atoms with Gasteiger partial charge in [-0.25, -0.2) is 8.42 Å². The fraction of sp³-hybridized carbons (Fsp3) is 0.364. The lowest BCUT2D eigenvalue weighted by molar-refractivity contribution is -0.117. The number of anilines is 1. The van der Waals surface area contributed by atoms with Crippen LogP contribution in [0.15, 0.2) is 27.1 Å². The van der Waals surface area contributed by atoms with Crippen molar-refractivity contribution in [2.24, 2.45) is 5.92 Å². The largest absolute Gasteiger partial charge is 0.311 e. The maximum Gasteiger partial charge on any atom is 0.232 e. The van der Waals surface area contributed by atoms with Gasteiger partial charge in [0.15, 0.2) is 0 Å². The Morgan fingerprint density at radius 1 is 1.37 bits per heavy atom. The highest BCUT2D eigenvalue weighted by atomic mass is 79.9. The van der Waals surface area contributed by atoms with Crippen molar-refractivity contribution in [1.82, 2.24) is 0 Å². The van der Waals surface area contributed by atoms with Crippen LogP contribution in [-0.4, -0.2) is 26.6 Å². The maximum absolute atomic E-state index is 12.0. The van der Waals surface area contributed by atoms with Crippen molar-refractivity contribution in [3.8, 4) is 0 Å². The summed E-state index contributed by atoms with van der Waals surface area (Å²) in [4.78, 5) is 13.6. The third-order valence-electron chi connectivity index (χ3n) is 2.84. The second kappa shape index (κ2) is 5.71. The van der Waals surface area contributed by atoms with Crippen molar-refractivity contribution < 1.29 is 13.2 Å². The van der Waals surface area contributed by atoms with E-state index in [9.17, 15) is 13.2 Å². The van der Waals surface area contributed by atoms with Gasteiger partial charge in [0.2, 0.25) is 15.0 Å². The highest BCUT2D eigenvalue weighted by molar-refractivity contribution is 9.11. The minimum Gasteiger partial charge on any atom is -0.311 e. The van der Waals surface area contributed by atoms with Crippen LogP contribution in [0, 0.1) is 5.92 Å². The molecule has 1 aromatic carbocycles. The summed E-state index contributed by atoms with van der Waals surface area (Å²) in [5.74, 6) is -0.524. The highest BCUT2D eigenvalue weighted by Gasteiger charge is 2.33. The predicted octanol–water partition coefficient (Wildman–Crippen LogP) is 3.13. The molecule has 0 aromatic heterocycles. The van der Waals surface area contributed by atoms with Gasteiger partial charge in [0.1, 0.15) is 0 Å².